The number of halogens is 2. The van der Waals surface area contributed by atoms with Crippen LogP contribution < -0.4 is 10.2 Å². The second kappa shape index (κ2) is 9.40. The summed E-state index contributed by atoms with van der Waals surface area (Å²) in [6, 6.07) is 9.40. The second-order valence-corrected chi connectivity index (χ2v) is 7.70. The molecule has 0 unspecified atom stereocenters. The molecular formula is C22H28F2N6O. The van der Waals surface area contributed by atoms with E-state index in [0.29, 0.717) is 5.95 Å². The molecule has 0 saturated carbocycles. The summed E-state index contributed by atoms with van der Waals surface area (Å²) in [5.41, 5.74) is 3.30. The molecule has 0 spiro atoms. The lowest BCUT2D eigenvalue weighted by molar-refractivity contribution is 0.0393. The number of benzene rings is 2. The van der Waals surface area contributed by atoms with E-state index in [2.05, 4.69) is 38.3 Å². The molecule has 2 heterocycles. The van der Waals surface area contributed by atoms with E-state index >= 15 is 0 Å². The predicted molar refractivity (Wildman–Crippen MR) is 118 cm³/mol. The van der Waals surface area contributed by atoms with Gasteiger partial charge in [0.05, 0.1) is 18.9 Å². The molecule has 0 atom stereocenters. The second-order valence-electron chi connectivity index (χ2n) is 7.70. The first-order valence-electron chi connectivity index (χ1n) is 10.2. The Morgan fingerprint density at radius 3 is 2.58 bits per heavy atom. The van der Waals surface area contributed by atoms with Gasteiger partial charge in [-0.15, -0.1) is 5.10 Å². The Labute approximate surface area is 181 Å². The largest absolute Gasteiger partial charge is 0.379 e. The first kappa shape index (κ1) is 21.2. The van der Waals surface area contributed by atoms with Gasteiger partial charge >= 0.3 is 0 Å². The van der Waals surface area contributed by atoms with E-state index in [9.17, 15) is 8.78 Å². The van der Waals surface area contributed by atoms with Crippen molar-refractivity contribution >= 4 is 17.3 Å². The molecule has 1 aliphatic rings. The molecule has 31 heavy (non-hydrogen) atoms. The van der Waals surface area contributed by atoms with Crippen LogP contribution in [0.15, 0.2) is 42.7 Å². The number of ether oxygens (including phenoxy) is 1. The van der Waals surface area contributed by atoms with Crippen molar-refractivity contribution in [2.45, 2.75) is 6.92 Å². The molecule has 1 aliphatic heterocycles. The van der Waals surface area contributed by atoms with E-state index in [0.717, 1.165) is 62.4 Å². The zero-order valence-corrected chi connectivity index (χ0v) is 17.7. The molecule has 1 N–H and O–H groups in total. The maximum atomic E-state index is 13.5. The average Bonchev–Trinajstić information content (AvgIpc) is 3.20. The molecule has 0 aliphatic carbocycles. The Morgan fingerprint density at radius 1 is 1.10 bits per heavy atom. The predicted octanol–water partition coefficient (Wildman–Crippen LogP) is 3.61. The monoisotopic (exact) mass is 430 g/mol. The summed E-state index contributed by atoms with van der Waals surface area (Å²) in [4.78, 5) is 8.83. The van der Waals surface area contributed by atoms with Gasteiger partial charge in [0.1, 0.15) is 18.0 Å². The van der Waals surface area contributed by atoms with Gasteiger partial charge in [-0.2, -0.15) is 4.98 Å². The van der Waals surface area contributed by atoms with E-state index in [1.165, 1.54) is 23.1 Å². The standard InChI is InChI=1S/C22H26F2N6O.H2/c1-16-9-19(14-20(10-16)28(2)3-4-29-5-7-31-8-6-29)26-22-25-15-30(27-22)21-12-17(23)11-18(24)13-21;/h9-15H,3-8H2,1-2H3,(H,26,27);1H. The summed E-state index contributed by atoms with van der Waals surface area (Å²) in [5.74, 6) is -0.982. The zero-order valence-electron chi connectivity index (χ0n) is 17.7. The van der Waals surface area contributed by atoms with Gasteiger partial charge in [0.25, 0.3) is 0 Å². The molecule has 1 saturated heterocycles. The molecule has 166 valence electrons. The molecule has 1 fully saturated rings. The SMILES string of the molecule is Cc1cc(Nc2ncn(-c3cc(F)cc(F)c3)n2)cc(N(C)CCN2CCOCC2)c1.[HH]. The highest BCUT2D eigenvalue weighted by molar-refractivity contribution is 5.63. The van der Waals surface area contributed by atoms with Crippen LogP contribution in [0.25, 0.3) is 5.69 Å². The molecule has 4 rings (SSSR count). The van der Waals surface area contributed by atoms with Crippen molar-refractivity contribution < 1.29 is 14.9 Å². The quantitative estimate of drug-likeness (QED) is 0.618. The molecule has 1 aromatic heterocycles. The van der Waals surface area contributed by atoms with Crippen LogP contribution in [0.5, 0.6) is 0 Å². The molecule has 0 radical (unpaired) electrons. The van der Waals surface area contributed by atoms with Crippen LogP contribution in [-0.2, 0) is 4.74 Å². The first-order valence-corrected chi connectivity index (χ1v) is 10.2. The molecule has 9 heteroatoms. The summed E-state index contributed by atoms with van der Waals surface area (Å²) >= 11 is 0. The fraction of sp³-hybridized carbons (Fsp3) is 0.364. The lowest BCUT2D eigenvalue weighted by atomic mass is 10.2. The number of anilines is 3. The van der Waals surface area contributed by atoms with Gasteiger partial charge < -0.3 is 15.0 Å². The van der Waals surface area contributed by atoms with Crippen LogP contribution in [0, 0.1) is 18.6 Å². The van der Waals surface area contributed by atoms with Gasteiger partial charge in [-0.3, -0.25) is 4.90 Å². The minimum Gasteiger partial charge on any atom is -0.379 e. The number of hydrogen-bond donors (Lipinski definition) is 1. The molecule has 2 aromatic carbocycles. The van der Waals surface area contributed by atoms with Crippen LogP contribution >= 0.6 is 0 Å². The van der Waals surface area contributed by atoms with Crippen molar-refractivity contribution in [2.24, 2.45) is 0 Å². The van der Waals surface area contributed by atoms with Gasteiger partial charge in [0.2, 0.25) is 5.95 Å². The van der Waals surface area contributed by atoms with E-state index in [1.807, 2.05) is 19.1 Å². The van der Waals surface area contributed by atoms with Crippen LogP contribution in [0.1, 0.15) is 6.99 Å². The van der Waals surface area contributed by atoms with Crippen molar-refractivity contribution in [3.63, 3.8) is 0 Å². The summed E-state index contributed by atoms with van der Waals surface area (Å²) in [6.45, 7) is 7.45. The number of likely N-dealkylation sites (N-methyl/N-ethyl adjacent to an activating group) is 1. The highest BCUT2D eigenvalue weighted by Gasteiger charge is 2.12. The van der Waals surface area contributed by atoms with Crippen LogP contribution in [-0.4, -0.2) is 66.1 Å². The van der Waals surface area contributed by atoms with Crippen molar-refractivity contribution in [2.75, 3.05) is 56.7 Å². The van der Waals surface area contributed by atoms with Gasteiger partial charge in [-0.25, -0.2) is 13.5 Å². The van der Waals surface area contributed by atoms with Crippen molar-refractivity contribution in [3.05, 3.63) is 59.9 Å². The highest BCUT2D eigenvalue weighted by Crippen LogP contribution is 2.24. The average molecular weight is 431 g/mol. The number of hydrogen-bond acceptors (Lipinski definition) is 6. The Hall–Kier alpha value is -3.04. The van der Waals surface area contributed by atoms with Crippen LogP contribution in [0.4, 0.5) is 26.1 Å². The summed E-state index contributed by atoms with van der Waals surface area (Å²) in [7, 11) is 2.07. The van der Waals surface area contributed by atoms with Gasteiger partial charge in [0.15, 0.2) is 0 Å². The number of aromatic nitrogens is 3. The number of morpholine rings is 1. The third-order valence-electron chi connectivity index (χ3n) is 5.22. The van der Waals surface area contributed by atoms with Crippen LogP contribution in [0.2, 0.25) is 0 Å². The Kier molecular flexibility index (Phi) is 6.43. The maximum Gasteiger partial charge on any atom is 0.246 e. The lowest BCUT2D eigenvalue weighted by Gasteiger charge is -2.29. The third kappa shape index (κ3) is 5.56. The van der Waals surface area contributed by atoms with Crippen molar-refractivity contribution in [1.82, 2.24) is 19.7 Å². The number of nitrogens with zero attached hydrogens (tertiary/aromatic N) is 5. The minimum atomic E-state index is -0.663. The van der Waals surface area contributed by atoms with Gasteiger partial charge in [-0.05, 0) is 42.8 Å². The first-order chi connectivity index (χ1) is 15.0. The van der Waals surface area contributed by atoms with Crippen LogP contribution in [0.3, 0.4) is 0 Å². The highest BCUT2D eigenvalue weighted by atomic mass is 19.1. The van der Waals surface area contributed by atoms with E-state index in [-0.39, 0.29) is 7.11 Å². The Bertz CT molecular complexity index is 1020. The normalized spacial score (nSPS) is 14.6. The smallest absolute Gasteiger partial charge is 0.246 e. The molecule has 7 nitrogen and oxygen atoms in total. The number of nitrogens with one attached hydrogen (secondary N) is 1. The molecule has 3 aromatic rings. The zero-order chi connectivity index (χ0) is 21.8. The van der Waals surface area contributed by atoms with Gasteiger partial charge in [-0.1, -0.05) is 0 Å². The van der Waals surface area contributed by atoms with E-state index in [4.69, 9.17) is 4.74 Å². The summed E-state index contributed by atoms with van der Waals surface area (Å²) < 4.78 is 33.7. The topological polar surface area (TPSA) is 58.5 Å². The maximum absolute atomic E-state index is 13.5. The number of aryl methyl sites for hydroxylation is 1. The van der Waals surface area contributed by atoms with E-state index < -0.39 is 11.6 Å². The summed E-state index contributed by atoms with van der Waals surface area (Å²) in [6.07, 6.45) is 1.42. The van der Waals surface area contributed by atoms with Crippen molar-refractivity contribution in [1.29, 1.82) is 0 Å². The minimum absolute atomic E-state index is 0. The van der Waals surface area contributed by atoms with E-state index in [1.54, 1.807) is 0 Å². The fourth-order valence-corrected chi connectivity index (χ4v) is 3.55. The Morgan fingerprint density at radius 2 is 1.84 bits per heavy atom. The summed E-state index contributed by atoms with van der Waals surface area (Å²) in [5, 5.41) is 7.47. The number of rotatable bonds is 7. The third-order valence-corrected chi connectivity index (χ3v) is 5.22. The molecular weight excluding hydrogens is 402 g/mol. The molecule has 0 bridgehead atoms. The van der Waals surface area contributed by atoms with Crippen molar-refractivity contribution in [3.8, 4) is 5.69 Å². The fourth-order valence-electron chi connectivity index (χ4n) is 3.55. The Balaban J connectivity index is 0.00000289. The molecule has 0 amide bonds. The lowest BCUT2D eigenvalue weighted by Crippen LogP contribution is -2.40. The van der Waals surface area contributed by atoms with Gasteiger partial charge in [0, 0.05) is 52.1 Å².